The van der Waals surface area contributed by atoms with Gasteiger partial charge in [-0.15, -0.1) is 11.3 Å². The van der Waals surface area contributed by atoms with Crippen molar-refractivity contribution in [2.45, 2.75) is 0 Å². The van der Waals surface area contributed by atoms with Crippen molar-refractivity contribution < 1.29 is 19.0 Å². The Morgan fingerprint density at radius 3 is 2.53 bits per heavy atom. The van der Waals surface area contributed by atoms with Gasteiger partial charge in [0.15, 0.2) is 16.6 Å². The van der Waals surface area contributed by atoms with Crippen molar-refractivity contribution in [3.05, 3.63) is 57.4 Å². The molecule has 0 aliphatic carbocycles. The van der Waals surface area contributed by atoms with Gasteiger partial charge in [0.2, 0.25) is 5.91 Å². The molecule has 1 heterocycles. The van der Waals surface area contributed by atoms with E-state index in [2.05, 4.69) is 10.3 Å². The number of carbonyl (C=O) groups excluding carboxylic acids is 1. The predicted octanol–water partition coefficient (Wildman–Crippen LogP) is 5.79. The summed E-state index contributed by atoms with van der Waals surface area (Å²) in [5, 5.41) is 5.86. The highest BCUT2D eigenvalue weighted by Gasteiger charge is 2.11. The Labute approximate surface area is 188 Å². The van der Waals surface area contributed by atoms with Crippen molar-refractivity contribution in [2.24, 2.45) is 0 Å². The van der Waals surface area contributed by atoms with E-state index in [0.717, 1.165) is 5.56 Å². The molecule has 0 aliphatic rings. The number of nitrogens with zero attached hydrogens (tertiary/aromatic N) is 1. The number of hydrogen-bond donors (Lipinski definition) is 1. The number of halogens is 2. The standard InChI is InChI=1S/C21H18Cl2N2O4S/c1-27-17-6-4-12(9-18(17)28-2)16-11-30-21(24-16)25-19(26)7-5-13-8-14(22)10-15(23)20(13)29-3/h4-11H,1-3H3,(H,24,25,26)/b7-5+. The van der Waals surface area contributed by atoms with Crippen LogP contribution in [0.15, 0.2) is 41.8 Å². The number of methoxy groups -OCH3 is 3. The molecule has 0 atom stereocenters. The Bertz CT molecular complexity index is 1100. The van der Waals surface area contributed by atoms with E-state index in [0.29, 0.717) is 43.7 Å². The SMILES string of the molecule is COc1ccc(-c2csc(NC(=O)/C=C/c3cc(Cl)cc(Cl)c3OC)n2)cc1OC. The quantitative estimate of drug-likeness (QED) is 0.447. The summed E-state index contributed by atoms with van der Waals surface area (Å²) in [6.45, 7) is 0. The summed E-state index contributed by atoms with van der Waals surface area (Å²) in [6, 6.07) is 8.74. The number of thiazole rings is 1. The molecule has 1 amide bonds. The molecule has 0 saturated carbocycles. The van der Waals surface area contributed by atoms with Gasteiger partial charge in [-0.1, -0.05) is 23.2 Å². The van der Waals surface area contributed by atoms with E-state index >= 15 is 0 Å². The van der Waals surface area contributed by atoms with Crippen LogP contribution in [0.4, 0.5) is 5.13 Å². The molecule has 0 aliphatic heterocycles. The summed E-state index contributed by atoms with van der Waals surface area (Å²) in [5.74, 6) is 1.33. The van der Waals surface area contributed by atoms with E-state index in [4.69, 9.17) is 37.4 Å². The number of anilines is 1. The second-order valence-electron chi connectivity index (χ2n) is 5.94. The predicted molar refractivity (Wildman–Crippen MR) is 121 cm³/mol. The van der Waals surface area contributed by atoms with Crippen molar-refractivity contribution in [2.75, 3.05) is 26.6 Å². The minimum absolute atomic E-state index is 0.346. The van der Waals surface area contributed by atoms with Crippen LogP contribution in [0.1, 0.15) is 5.56 Å². The van der Waals surface area contributed by atoms with Crippen LogP contribution in [0.2, 0.25) is 10.0 Å². The summed E-state index contributed by atoms with van der Waals surface area (Å²) in [7, 11) is 4.65. The van der Waals surface area contributed by atoms with Crippen molar-refractivity contribution in [3.8, 4) is 28.5 Å². The van der Waals surface area contributed by atoms with E-state index in [1.54, 1.807) is 38.5 Å². The average molecular weight is 465 g/mol. The van der Waals surface area contributed by atoms with Gasteiger partial charge in [0.1, 0.15) is 5.75 Å². The Balaban J connectivity index is 1.74. The first kappa shape index (κ1) is 22.0. The Morgan fingerprint density at radius 2 is 1.83 bits per heavy atom. The Kier molecular flexibility index (Phi) is 7.20. The lowest BCUT2D eigenvalue weighted by Gasteiger charge is -2.08. The first-order valence-electron chi connectivity index (χ1n) is 8.65. The topological polar surface area (TPSA) is 69.7 Å². The van der Waals surface area contributed by atoms with Crippen molar-refractivity contribution >= 4 is 51.7 Å². The maximum absolute atomic E-state index is 12.3. The Hall–Kier alpha value is -2.74. The van der Waals surface area contributed by atoms with E-state index < -0.39 is 0 Å². The molecule has 30 heavy (non-hydrogen) atoms. The maximum atomic E-state index is 12.3. The molecular formula is C21H18Cl2N2O4S. The highest BCUT2D eigenvalue weighted by Crippen LogP contribution is 2.34. The summed E-state index contributed by atoms with van der Waals surface area (Å²) in [5.41, 5.74) is 2.15. The van der Waals surface area contributed by atoms with Gasteiger partial charge in [0.25, 0.3) is 0 Å². The van der Waals surface area contributed by atoms with Crippen LogP contribution in [-0.2, 0) is 4.79 Å². The van der Waals surface area contributed by atoms with Gasteiger partial charge >= 0.3 is 0 Å². The minimum atomic E-state index is -0.346. The molecule has 3 aromatic rings. The number of rotatable bonds is 7. The highest BCUT2D eigenvalue weighted by molar-refractivity contribution is 7.14. The van der Waals surface area contributed by atoms with Crippen LogP contribution in [0, 0.1) is 0 Å². The number of amides is 1. The van der Waals surface area contributed by atoms with E-state index in [9.17, 15) is 4.79 Å². The smallest absolute Gasteiger partial charge is 0.250 e. The van der Waals surface area contributed by atoms with Crippen LogP contribution in [0.25, 0.3) is 17.3 Å². The van der Waals surface area contributed by atoms with Crippen LogP contribution >= 0.6 is 34.5 Å². The lowest BCUT2D eigenvalue weighted by molar-refractivity contribution is -0.111. The molecule has 3 rings (SSSR count). The lowest BCUT2D eigenvalue weighted by Crippen LogP contribution is -2.07. The molecule has 9 heteroatoms. The lowest BCUT2D eigenvalue weighted by atomic mass is 10.1. The van der Waals surface area contributed by atoms with Crippen molar-refractivity contribution in [1.82, 2.24) is 4.98 Å². The van der Waals surface area contributed by atoms with Gasteiger partial charge < -0.3 is 14.2 Å². The van der Waals surface area contributed by atoms with Crippen LogP contribution in [0.3, 0.4) is 0 Å². The zero-order valence-corrected chi connectivity index (χ0v) is 18.7. The summed E-state index contributed by atoms with van der Waals surface area (Å²) < 4.78 is 15.8. The highest BCUT2D eigenvalue weighted by atomic mass is 35.5. The average Bonchev–Trinajstić information content (AvgIpc) is 3.19. The first-order chi connectivity index (χ1) is 14.4. The number of carbonyl (C=O) groups is 1. The fourth-order valence-corrected chi connectivity index (χ4v) is 4.00. The number of hydrogen-bond acceptors (Lipinski definition) is 6. The van der Waals surface area contributed by atoms with Crippen LogP contribution in [-0.4, -0.2) is 32.2 Å². The third kappa shape index (κ3) is 5.05. The van der Waals surface area contributed by atoms with Crippen LogP contribution in [0.5, 0.6) is 17.2 Å². The van der Waals surface area contributed by atoms with E-state index in [-0.39, 0.29) is 5.91 Å². The third-order valence-corrected chi connectivity index (χ3v) is 5.33. The Morgan fingerprint density at radius 1 is 1.07 bits per heavy atom. The number of nitrogens with one attached hydrogen (secondary N) is 1. The molecule has 0 spiro atoms. The van der Waals surface area contributed by atoms with Crippen molar-refractivity contribution in [3.63, 3.8) is 0 Å². The fourth-order valence-electron chi connectivity index (χ4n) is 2.69. The summed E-state index contributed by atoms with van der Waals surface area (Å²) in [4.78, 5) is 16.8. The van der Waals surface area contributed by atoms with Gasteiger partial charge in [0, 0.05) is 27.6 Å². The number of aromatic nitrogens is 1. The van der Waals surface area contributed by atoms with Gasteiger partial charge in [-0.3, -0.25) is 10.1 Å². The summed E-state index contributed by atoms with van der Waals surface area (Å²) in [6.07, 6.45) is 2.94. The molecule has 0 saturated heterocycles. The van der Waals surface area contributed by atoms with Gasteiger partial charge in [-0.25, -0.2) is 4.98 Å². The summed E-state index contributed by atoms with van der Waals surface area (Å²) >= 11 is 13.5. The van der Waals surface area contributed by atoms with Gasteiger partial charge in [0.05, 0.1) is 32.0 Å². The molecule has 0 radical (unpaired) electrons. The molecule has 6 nitrogen and oxygen atoms in total. The first-order valence-corrected chi connectivity index (χ1v) is 10.3. The molecule has 0 fully saturated rings. The van der Waals surface area contributed by atoms with E-state index in [1.165, 1.54) is 24.5 Å². The monoisotopic (exact) mass is 464 g/mol. The zero-order valence-electron chi connectivity index (χ0n) is 16.4. The minimum Gasteiger partial charge on any atom is -0.495 e. The number of ether oxygens (including phenoxy) is 3. The molecule has 1 aromatic heterocycles. The van der Waals surface area contributed by atoms with E-state index in [1.807, 2.05) is 17.5 Å². The normalized spacial score (nSPS) is 10.8. The van der Waals surface area contributed by atoms with Crippen molar-refractivity contribution in [1.29, 1.82) is 0 Å². The number of benzene rings is 2. The van der Waals surface area contributed by atoms with Crippen LogP contribution < -0.4 is 19.5 Å². The zero-order chi connectivity index (χ0) is 21.7. The second-order valence-corrected chi connectivity index (χ2v) is 7.64. The largest absolute Gasteiger partial charge is 0.495 e. The van der Waals surface area contributed by atoms with Gasteiger partial charge in [-0.2, -0.15) is 0 Å². The third-order valence-electron chi connectivity index (χ3n) is 4.07. The second kappa shape index (κ2) is 9.84. The molecule has 1 N–H and O–H groups in total. The molecule has 0 unspecified atom stereocenters. The molecule has 0 bridgehead atoms. The van der Waals surface area contributed by atoms with Gasteiger partial charge in [-0.05, 0) is 36.4 Å². The molecular weight excluding hydrogens is 447 g/mol. The molecule has 2 aromatic carbocycles. The maximum Gasteiger partial charge on any atom is 0.250 e. The fraction of sp³-hybridized carbons (Fsp3) is 0.143. The molecule has 156 valence electrons.